The van der Waals surface area contributed by atoms with Crippen LogP contribution in [0, 0.1) is 0 Å². The first-order valence-electron chi connectivity index (χ1n) is 35.8. The average molecular weight is 1200 g/mol. The predicted octanol–water partition coefficient (Wildman–Crippen LogP) is 22.7. The molecule has 9 nitrogen and oxygen atoms in total. The van der Waals surface area contributed by atoms with Gasteiger partial charge in [-0.25, -0.2) is 4.57 Å². The van der Waals surface area contributed by atoms with Crippen LogP contribution in [0.4, 0.5) is 0 Å². The second kappa shape index (κ2) is 63.5. The summed E-state index contributed by atoms with van der Waals surface area (Å²) >= 11 is 0. The van der Waals surface area contributed by atoms with E-state index in [0.29, 0.717) is 17.4 Å². The van der Waals surface area contributed by atoms with E-state index >= 15 is 0 Å². The van der Waals surface area contributed by atoms with E-state index in [4.69, 9.17) is 13.8 Å². The Kier molecular flexibility index (Phi) is 61.5. The molecule has 0 spiro atoms. The summed E-state index contributed by atoms with van der Waals surface area (Å²) in [5, 5.41) is 3.07. The second-order valence-electron chi connectivity index (χ2n) is 25.4. The first-order valence-corrected chi connectivity index (χ1v) is 37.3. The first-order chi connectivity index (χ1) is 40.9. The van der Waals surface area contributed by atoms with E-state index in [-0.39, 0.29) is 31.5 Å². The van der Waals surface area contributed by atoms with Crippen LogP contribution in [-0.4, -0.2) is 74.3 Å². The fourth-order valence-corrected chi connectivity index (χ4v) is 11.1. The molecule has 490 valence electrons. The standard InChI is InChI=1S/C74H137N2O7P/c1-7-10-13-16-19-22-25-28-30-32-34-36-37-38-39-41-43-45-47-49-52-55-58-61-64-67-74(78)83-72(65-62-59-56-53-50-27-24-21-18-15-12-9-3)71(70-82-84(79,80)81-69-68-76(4,5)6)75-73(77)66-63-60-57-54-51-48-46-44-42-40-35-33-31-29-26-23-20-17-14-11-8-2/h19,22,28-31,34,36,38-39,62,65,71-72H,7-18,20-21,23-27,32-33,35,37,40-61,63-64,66-70H2,1-6H3,(H-,75,77,79,80)/p+1/b22-19-,30-28-,31-29+,36-34-,39-38-,65-62+. The molecule has 10 heteroatoms. The highest BCUT2D eigenvalue weighted by atomic mass is 31.2. The predicted molar refractivity (Wildman–Crippen MR) is 365 cm³/mol. The van der Waals surface area contributed by atoms with Gasteiger partial charge in [0.05, 0.1) is 33.8 Å². The van der Waals surface area contributed by atoms with Gasteiger partial charge in [0.15, 0.2) is 0 Å². The lowest BCUT2D eigenvalue weighted by Crippen LogP contribution is -2.47. The molecule has 3 unspecified atom stereocenters. The molecule has 0 aliphatic heterocycles. The summed E-state index contributed by atoms with van der Waals surface area (Å²) in [6.45, 7) is 7.01. The third-order valence-electron chi connectivity index (χ3n) is 15.9. The zero-order valence-corrected chi connectivity index (χ0v) is 57.0. The average Bonchev–Trinajstić information content (AvgIpc) is 3.64. The number of nitrogens with zero attached hydrogens (tertiary/aromatic N) is 1. The van der Waals surface area contributed by atoms with E-state index in [0.717, 1.165) is 89.9 Å². The summed E-state index contributed by atoms with van der Waals surface area (Å²) in [7, 11) is 1.50. The van der Waals surface area contributed by atoms with Gasteiger partial charge in [0.2, 0.25) is 5.91 Å². The molecular formula is C74H138N2O7P+. The van der Waals surface area contributed by atoms with Gasteiger partial charge in [0.1, 0.15) is 19.3 Å². The van der Waals surface area contributed by atoms with Crippen molar-refractivity contribution in [3.63, 3.8) is 0 Å². The largest absolute Gasteiger partial charge is 0.472 e. The maximum Gasteiger partial charge on any atom is 0.472 e. The Morgan fingerprint density at radius 1 is 0.417 bits per heavy atom. The Hall–Kier alpha value is -2.55. The van der Waals surface area contributed by atoms with Gasteiger partial charge in [-0.15, -0.1) is 0 Å². The summed E-state index contributed by atoms with van der Waals surface area (Å²) in [6.07, 6.45) is 83.3. The van der Waals surface area contributed by atoms with Gasteiger partial charge in [-0.3, -0.25) is 18.6 Å². The number of ether oxygens (including phenoxy) is 1. The first kappa shape index (κ1) is 81.5. The van der Waals surface area contributed by atoms with Crippen LogP contribution in [0.1, 0.15) is 335 Å². The number of nitrogens with one attached hydrogen (secondary N) is 1. The molecule has 0 saturated carbocycles. The molecule has 0 fully saturated rings. The van der Waals surface area contributed by atoms with E-state index in [1.807, 2.05) is 33.3 Å². The van der Waals surface area contributed by atoms with Gasteiger partial charge in [0.25, 0.3) is 0 Å². The van der Waals surface area contributed by atoms with Crippen LogP contribution in [0.15, 0.2) is 72.9 Å². The highest BCUT2D eigenvalue weighted by Gasteiger charge is 2.30. The summed E-state index contributed by atoms with van der Waals surface area (Å²) in [4.78, 5) is 37.9. The number of hydrogen-bond acceptors (Lipinski definition) is 6. The van der Waals surface area contributed by atoms with Crippen molar-refractivity contribution < 1.29 is 37.3 Å². The SMILES string of the molecule is CCCCC/C=C\C/C=C\C/C=C\C/C=C\CCCCCCCCCCCC(=O)OC(/C=C/CCCCCCCCCCCC)C(COP(=O)(O)OCC[N+](C)(C)C)NC(=O)CCCCCCCCCCCCC/C=C/CCCCCCCC. The summed E-state index contributed by atoms with van der Waals surface area (Å²) in [5.41, 5.74) is 0. The van der Waals surface area contributed by atoms with Crippen LogP contribution in [0.3, 0.4) is 0 Å². The Bertz CT molecular complexity index is 1670. The van der Waals surface area contributed by atoms with E-state index < -0.39 is 20.0 Å². The number of phosphoric acid groups is 1. The Balaban J connectivity index is 5.08. The van der Waals surface area contributed by atoms with Crippen molar-refractivity contribution in [2.75, 3.05) is 40.9 Å². The monoisotopic (exact) mass is 1200 g/mol. The van der Waals surface area contributed by atoms with Crippen molar-refractivity contribution in [2.45, 2.75) is 348 Å². The van der Waals surface area contributed by atoms with Gasteiger partial charge in [-0.05, 0) is 102 Å². The van der Waals surface area contributed by atoms with Crippen molar-refractivity contribution in [3.8, 4) is 0 Å². The molecule has 0 aromatic heterocycles. The van der Waals surface area contributed by atoms with Crippen molar-refractivity contribution >= 4 is 19.7 Å². The smallest absolute Gasteiger partial charge is 0.456 e. The molecule has 84 heavy (non-hydrogen) atoms. The number of quaternary nitrogens is 1. The van der Waals surface area contributed by atoms with Gasteiger partial charge < -0.3 is 19.4 Å². The van der Waals surface area contributed by atoms with Gasteiger partial charge in [-0.2, -0.15) is 0 Å². The number of esters is 1. The summed E-state index contributed by atoms with van der Waals surface area (Å²) < 4.78 is 30.8. The number of allylic oxidation sites excluding steroid dienone is 11. The summed E-state index contributed by atoms with van der Waals surface area (Å²) in [5.74, 6) is -0.503. The topological polar surface area (TPSA) is 111 Å². The molecule has 3 atom stereocenters. The lowest BCUT2D eigenvalue weighted by atomic mass is 10.0. The lowest BCUT2D eigenvalue weighted by Gasteiger charge is -2.27. The highest BCUT2D eigenvalue weighted by molar-refractivity contribution is 7.47. The zero-order valence-electron chi connectivity index (χ0n) is 56.1. The Morgan fingerprint density at radius 3 is 1.12 bits per heavy atom. The quantitative estimate of drug-likeness (QED) is 0.0205. The van der Waals surface area contributed by atoms with Crippen LogP contribution in [-0.2, 0) is 27.9 Å². The number of hydrogen-bond donors (Lipinski definition) is 2. The molecule has 0 bridgehead atoms. The molecule has 2 N–H and O–H groups in total. The molecule has 1 amide bonds. The minimum Gasteiger partial charge on any atom is -0.456 e. The van der Waals surface area contributed by atoms with Gasteiger partial charge in [-0.1, -0.05) is 293 Å². The van der Waals surface area contributed by atoms with Crippen molar-refractivity contribution in [2.24, 2.45) is 0 Å². The van der Waals surface area contributed by atoms with Gasteiger partial charge >= 0.3 is 13.8 Å². The number of carbonyl (C=O) groups excluding carboxylic acids is 2. The fraction of sp³-hybridized carbons (Fsp3) is 0.811. The molecule has 0 aromatic rings. The number of unbranched alkanes of at least 4 members (excludes halogenated alkanes) is 39. The number of phosphoric ester groups is 1. The van der Waals surface area contributed by atoms with E-state index in [1.54, 1.807) is 0 Å². The molecule has 0 rings (SSSR count). The second-order valence-corrected chi connectivity index (χ2v) is 26.9. The van der Waals surface area contributed by atoms with Crippen molar-refractivity contribution in [1.29, 1.82) is 0 Å². The number of rotatable bonds is 65. The number of amides is 1. The summed E-state index contributed by atoms with van der Waals surface area (Å²) in [6, 6.07) is -0.854. The lowest BCUT2D eigenvalue weighted by molar-refractivity contribution is -0.870. The molecule has 0 saturated heterocycles. The van der Waals surface area contributed by atoms with Crippen LogP contribution in [0.25, 0.3) is 0 Å². The van der Waals surface area contributed by atoms with E-state index in [1.165, 1.54) is 212 Å². The van der Waals surface area contributed by atoms with E-state index in [2.05, 4.69) is 86.8 Å². The molecule has 0 heterocycles. The molecule has 0 aliphatic rings. The molecule has 0 aromatic carbocycles. The van der Waals surface area contributed by atoms with Crippen LogP contribution in [0.5, 0.6) is 0 Å². The van der Waals surface area contributed by atoms with Gasteiger partial charge in [0, 0.05) is 12.8 Å². The normalized spacial score (nSPS) is 13.9. The van der Waals surface area contributed by atoms with Crippen LogP contribution < -0.4 is 5.32 Å². The zero-order chi connectivity index (χ0) is 61.4. The molecule has 0 aliphatic carbocycles. The van der Waals surface area contributed by atoms with Crippen LogP contribution >= 0.6 is 7.82 Å². The minimum absolute atomic E-state index is 0.0380. The molecular weight excluding hydrogens is 1060 g/mol. The van der Waals surface area contributed by atoms with Crippen molar-refractivity contribution in [3.05, 3.63) is 72.9 Å². The minimum atomic E-state index is -4.46. The Labute approximate surface area is 521 Å². The third-order valence-corrected chi connectivity index (χ3v) is 16.9. The van der Waals surface area contributed by atoms with Crippen molar-refractivity contribution in [1.82, 2.24) is 5.32 Å². The molecule has 0 radical (unpaired) electrons. The highest BCUT2D eigenvalue weighted by Crippen LogP contribution is 2.43. The number of likely N-dealkylation sites (N-methyl/N-ethyl adjacent to an activating group) is 1. The number of carbonyl (C=O) groups is 2. The maximum absolute atomic E-state index is 13.6. The maximum atomic E-state index is 13.6. The third kappa shape index (κ3) is 63.9. The van der Waals surface area contributed by atoms with E-state index in [9.17, 15) is 19.0 Å². The fourth-order valence-electron chi connectivity index (χ4n) is 10.3. The van der Waals surface area contributed by atoms with Crippen LogP contribution in [0.2, 0.25) is 0 Å². The Morgan fingerprint density at radius 2 is 0.726 bits per heavy atom.